The molecule has 9 nitrogen and oxygen atoms in total. The van der Waals surface area contributed by atoms with Gasteiger partial charge >= 0.3 is 0 Å². The van der Waals surface area contributed by atoms with Crippen LogP contribution in [0.4, 0.5) is 5.69 Å². The molecule has 0 saturated heterocycles. The molecule has 0 unspecified atom stereocenters. The smallest absolute Gasteiger partial charge is 0.253 e. The molecule has 0 bridgehead atoms. The standard InChI is InChI=1S/C22H19Cl2N5O4/c1-11(30)26-19-14(23)7-12(8-15(19)24)16-5-6-25-22-27-21(28-29(16)22)13-9-17(31-2)20(33-4)18(10-13)32-3/h5-10H,1-4H3,(H,26,30). The molecule has 0 radical (unpaired) electrons. The Morgan fingerprint density at radius 3 is 2.15 bits per heavy atom. The molecule has 2 heterocycles. The van der Waals surface area contributed by atoms with Crippen molar-refractivity contribution in [2.75, 3.05) is 26.6 Å². The zero-order chi connectivity index (χ0) is 23.7. The van der Waals surface area contributed by atoms with Gasteiger partial charge in [-0.25, -0.2) is 4.98 Å². The van der Waals surface area contributed by atoms with Gasteiger partial charge in [0.25, 0.3) is 5.78 Å². The normalized spacial score (nSPS) is 10.8. The van der Waals surface area contributed by atoms with Crippen molar-refractivity contribution in [2.24, 2.45) is 0 Å². The van der Waals surface area contributed by atoms with Crippen molar-refractivity contribution in [1.29, 1.82) is 0 Å². The minimum absolute atomic E-state index is 0.274. The van der Waals surface area contributed by atoms with Crippen LogP contribution < -0.4 is 19.5 Å². The van der Waals surface area contributed by atoms with Gasteiger partial charge in [0, 0.05) is 24.2 Å². The Morgan fingerprint density at radius 2 is 1.61 bits per heavy atom. The SMILES string of the molecule is COc1cc(-c2nc3nccc(-c4cc(Cl)c(NC(C)=O)c(Cl)c4)n3n2)cc(OC)c1OC. The Hall–Kier alpha value is -3.56. The Kier molecular flexibility index (Phi) is 6.26. The number of anilines is 1. The van der Waals surface area contributed by atoms with Crippen LogP contribution in [0.2, 0.25) is 10.0 Å². The predicted molar refractivity (Wildman–Crippen MR) is 126 cm³/mol. The summed E-state index contributed by atoms with van der Waals surface area (Å²) in [5.74, 6) is 1.92. The summed E-state index contributed by atoms with van der Waals surface area (Å²) in [5.41, 5.74) is 2.33. The second kappa shape index (κ2) is 9.13. The fourth-order valence-corrected chi connectivity index (χ4v) is 3.94. The Bertz CT molecular complexity index is 1320. The molecular weight excluding hydrogens is 469 g/mol. The Balaban J connectivity index is 1.85. The number of hydrogen-bond donors (Lipinski definition) is 1. The Morgan fingerprint density at radius 1 is 0.970 bits per heavy atom. The van der Waals surface area contributed by atoms with Crippen molar-refractivity contribution in [1.82, 2.24) is 19.6 Å². The molecule has 2 aromatic carbocycles. The van der Waals surface area contributed by atoms with E-state index in [9.17, 15) is 4.79 Å². The lowest BCUT2D eigenvalue weighted by Crippen LogP contribution is -2.07. The third-order valence-electron chi connectivity index (χ3n) is 4.80. The van der Waals surface area contributed by atoms with E-state index in [1.807, 2.05) is 0 Å². The number of ether oxygens (including phenoxy) is 3. The minimum atomic E-state index is -0.274. The second-order valence-electron chi connectivity index (χ2n) is 6.89. The first-order chi connectivity index (χ1) is 15.9. The van der Waals surface area contributed by atoms with E-state index in [1.165, 1.54) is 28.3 Å². The van der Waals surface area contributed by atoms with Gasteiger partial charge in [-0.2, -0.15) is 9.50 Å². The quantitative estimate of drug-likeness (QED) is 0.418. The molecule has 170 valence electrons. The fraction of sp³-hybridized carbons (Fsp3) is 0.182. The average molecular weight is 488 g/mol. The molecular formula is C22H19Cl2N5O4. The summed E-state index contributed by atoms with van der Waals surface area (Å²) >= 11 is 12.8. The van der Waals surface area contributed by atoms with E-state index in [0.29, 0.717) is 61.4 Å². The number of nitrogens with zero attached hydrogens (tertiary/aromatic N) is 4. The first kappa shape index (κ1) is 22.6. The monoisotopic (exact) mass is 487 g/mol. The number of methoxy groups -OCH3 is 3. The maximum Gasteiger partial charge on any atom is 0.253 e. The molecule has 0 fully saturated rings. The molecule has 4 aromatic rings. The number of rotatable bonds is 6. The van der Waals surface area contributed by atoms with E-state index >= 15 is 0 Å². The zero-order valence-electron chi connectivity index (χ0n) is 18.1. The first-order valence-electron chi connectivity index (χ1n) is 9.65. The summed E-state index contributed by atoms with van der Waals surface area (Å²) in [6, 6.07) is 8.65. The van der Waals surface area contributed by atoms with Crippen molar-refractivity contribution in [2.45, 2.75) is 6.92 Å². The molecule has 4 rings (SSSR count). The molecule has 33 heavy (non-hydrogen) atoms. The number of aromatic nitrogens is 4. The molecule has 0 saturated carbocycles. The topological polar surface area (TPSA) is 99.9 Å². The van der Waals surface area contributed by atoms with Crippen molar-refractivity contribution in [3.8, 4) is 39.9 Å². The van der Waals surface area contributed by atoms with Gasteiger partial charge in [-0.05, 0) is 30.3 Å². The van der Waals surface area contributed by atoms with Crippen LogP contribution in [0.5, 0.6) is 17.2 Å². The molecule has 1 amide bonds. The minimum Gasteiger partial charge on any atom is -0.493 e. The zero-order valence-corrected chi connectivity index (χ0v) is 19.7. The molecule has 0 atom stereocenters. The van der Waals surface area contributed by atoms with Gasteiger partial charge < -0.3 is 19.5 Å². The van der Waals surface area contributed by atoms with E-state index in [-0.39, 0.29) is 5.91 Å². The number of carbonyl (C=O) groups excluding carboxylic acids is 1. The van der Waals surface area contributed by atoms with Gasteiger partial charge in [0.15, 0.2) is 17.3 Å². The van der Waals surface area contributed by atoms with Crippen LogP contribution in [-0.2, 0) is 4.79 Å². The van der Waals surface area contributed by atoms with Gasteiger partial charge in [-0.1, -0.05) is 23.2 Å². The molecule has 2 aromatic heterocycles. The maximum absolute atomic E-state index is 11.4. The van der Waals surface area contributed by atoms with E-state index in [2.05, 4.69) is 20.4 Å². The molecule has 0 spiro atoms. The third kappa shape index (κ3) is 4.24. The van der Waals surface area contributed by atoms with Crippen LogP contribution >= 0.6 is 23.2 Å². The van der Waals surface area contributed by atoms with Gasteiger partial charge in [-0.15, -0.1) is 5.10 Å². The number of fused-ring (bicyclic) bond motifs is 1. The lowest BCUT2D eigenvalue weighted by Gasteiger charge is -2.13. The number of hydrogen-bond acceptors (Lipinski definition) is 7. The highest BCUT2D eigenvalue weighted by molar-refractivity contribution is 6.40. The van der Waals surface area contributed by atoms with Crippen LogP contribution in [-0.4, -0.2) is 46.8 Å². The number of nitrogens with one attached hydrogen (secondary N) is 1. The van der Waals surface area contributed by atoms with Crippen molar-refractivity contribution in [3.63, 3.8) is 0 Å². The Labute approximate surface area is 199 Å². The van der Waals surface area contributed by atoms with Crippen molar-refractivity contribution < 1.29 is 19.0 Å². The average Bonchev–Trinajstić information content (AvgIpc) is 3.24. The molecule has 11 heteroatoms. The molecule has 1 N–H and O–H groups in total. The maximum atomic E-state index is 11.4. The highest BCUT2D eigenvalue weighted by Gasteiger charge is 2.19. The van der Waals surface area contributed by atoms with Gasteiger partial charge in [0.1, 0.15) is 0 Å². The highest BCUT2D eigenvalue weighted by atomic mass is 35.5. The largest absolute Gasteiger partial charge is 0.493 e. The lowest BCUT2D eigenvalue weighted by atomic mass is 10.1. The van der Waals surface area contributed by atoms with E-state index in [0.717, 1.165) is 0 Å². The second-order valence-corrected chi connectivity index (χ2v) is 7.70. The predicted octanol–water partition coefficient (Wildman–Crippen LogP) is 4.75. The summed E-state index contributed by atoms with van der Waals surface area (Å²) in [5, 5.41) is 7.85. The molecule has 0 aliphatic rings. The van der Waals surface area contributed by atoms with Crippen molar-refractivity contribution >= 4 is 40.6 Å². The van der Waals surface area contributed by atoms with Crippen LogP contribution in [0.1, 0.15) is 6.92 Å². The summed E-state index contributed by atoms with van der Waals surface area (Å²) in [6.07, 6.45) is 1.61. The van der Waals surface area contributed by atoms with Gasteiger partial charge in [0.2, 0.25) is 11.7 Å². The number of benzene rings is 2. The summed E-state index contributed by atoms with van der Waals surface area (Å²) in [6.45, 7) is 1.38. The summed E-state index contributed by atoms with van der Waals surface area (Å²) in [7, 11) is 4.61. The van der Waals surface area contributed by atoms with E-state index in [1.54, 1.807) is 41.0 Å². The van der Waals surface area contributed by atoms with Crippen LogP contribution in [0, 0.1) is 0 Å². The molecule has 0 aliphatic carbocycles. The number of halogens is 2. The van der Waals surface area contributed by atoms with Gasteiger partial charge in [0.05, 0.1) is 42.8 Å². The van der Waals surface area contributed by atoms with Crippen LogP contribution in [0.3, 0.4) is 0 Å². The number of amides is 1. The van der Waals surface area contributed by atoms with E-state index in [4.69, 9.17) is 37.4 Å². The van der Waals surface area contributed by atoms with Gasteiger partial charge in [-0.3, -0.25) is 4.79 Å². The fourth-order valence-electron chi connectivity index (χ4n) is 3.36. The lowest BCUT2D eigenvalue weighted by molar-refractivity contribution is -0.114. The van der Waals surface area contributed by atoms with Crippen LogP contribution in [0.25, 0.3) is 28.4 Å². The summed E-state index contributed by atoms with van der Waals surface area (Å²) < 4.78 is 17.8. The van der Waals surface area contributed by atoms with Crippen molar-refractivity contribution in [3.05, 3.63) is 46.6 Å². The van der Waals surface area contributed by atoms with Crippen LogP contribution in [0.15, 0.2) is 36.5 Å². The first-order valence-corrected chi connectivity index (χ1v) is 10.4. The molecule has 0 aliphatic heterocycles. The highest BCUT2D eigenvalue weighted by Crippen LogP contribution is 2.41. The number of carbonyl (C=O) groups is 1. The summed E-state index contributed by atoms with van der Waals surface area (Å²) in [4.78, 5) is 20.3. The third-order valence-corrected chi connectivity index (χ3v) is 5.40. The van der Waals surface area contributed by atoms with E-state index < -0.39 is 0 Å².